The number of aromatic nitrogens is 6. The molecule has 0 atom stereocenters. The highest BCUT2D eigenvalue weighted by atomic mass is 16.5. The van der Waals surface area contributed by atoms with Crippen molar-refractivity contribution in [1.82, 2.24) is 35.5 Å². The Balaban J connectivity index is 1.46. The van der Waals surface area contributed by atoms with E-state index >= 15 is 0 Å². The maximum Gasteiger partial charge on any atom is 0.211 e. The van der Waals surface area contributed by atoms with Gasteiger partial charge in [-0.3, -0.25) is 0 Å². The minimum Gasteiger partial charge on any atom is -0.383 e. The van der Waals surface area contributed by atoms with E-state index in [0.29, 0.717) is 31.5 Å². The minimum atomic E-state index is 0.375. The molecule has 5 aromatic rings. The number of ether oxygens (including phenoxy) is 1. The number of benzene rings is 3. The maximum atomic E-state index is 9.15. The van der Waals surface area contributed by atoms with Crippen molar-refractivity contribution in [2.75, 3.05) is 25.6 Å². The van der Waals surface area contributed by atoms with Gasteiger partial charge in [0.1, 0.15) is 5.82 Å². The van der Waals surface area contributed by atoms with Crippen LogP contribution in [0.1, 0.15) is 30.3 Å². The maximum absolute atomic E-state index is 9.15. The summed E-state index contributed by atoms with van der Waals surface area (Å²) in [5.74, 6) is 2.05. The van der Waals surface area contributed by atoms with Crippen LogP contribution >= 0.6 is 0 Å². The van der Waals surface area contributed by atoms with Crippen LogP contribution in [0.4, 0.5) is 5.69 Å². The molecular weight excluding hydrogens is 516 g/mol. The number of aromatic amines is 1. The fraction of sp³-hybridized carbons (Fsp3) is 0.267. The third kappa shape index (κ3) is 6.23. The van der Waals surface area contributed by atoms with Gasteiger partial charge in [0.25, 0.3) is 0 Å². The van der Waals surface area contributed by atoms with Crippen LogP contribution in [0.2, 0.25) is 0 Å². The van der Waals surface area contributed by atoms with Crippen molar-refractivity contribution in [3.8, 4) is 28.7 Å². The summed E-state index contributed by atoms with van der Waals surface area (Å²) in [4.78, 5) is 8.91. The average molecular weight is 549 g/mol. The summed E-state index contributed by atoms with van der Waals surface area (Å²) in [6.45, 7) is 5.92. The molecule has 2 aromatic heterocycles. The van der Waals surface area contributed by atoms with E-state index in [0.717, 1.165) is 63.2 Å². The normalized spacial score (nSPS) is 11.5. The number of fused-ring (bicyclic) bond motifs is 1. The third-order valence-electron chi connectivity index (χ3n) is 6.75. The lowest BCUT2D eigenvalue weighted by Crippen LogP contribution is -2.33. The summed E-state index contributed by atoms with van der Waals surface area (Å²) >= 11 is 0. The number of nitriles is 1. The Morgan fingerprint density at radius 3 is 2.63 bits per heavy atom. The van der Waals surface area contributed by atoms with Gasteiger partial charge in [0, 0.05) is 37.9 Å². The van der Waals surface area contributed by atoms with Crippen LogP contribution in [0.5, 0.6) is 0 Å². The molecule has 0 aliphatic rings. The third-order valence-corrected chi connectivity index (χ3v) is 6.75. The lowest BCUT2D eigenvalue weighted by molar-refractivity contribution is 0.204. The second-order valence-corrected chi connectivity index (χ2v) is 9.62. The van der Waals surface area contributed by atoms with Crippen molar-refractivity contribution in [2.24, 2.45) is 4.99 Å². The van der Waals surface area contributed by atoms with E-state index in [-0.39, 0.29) is 0 Å². The van der Waals surface area contributed by atoms with Crippen molar-refractivity contribution >= 4 is 22.7 Å². The quantitative estimate of drug-likeness (QED) is 0.0989. The average Bonchev–Trinajstić information content (AvgIpc) is 3.64. The fourth-order valence-corrected chi connectivity index (χ4v) is 4.86. The van der Waals surface area contributed by atoms with Crippen LogP contribution in [0.3, 0.4) is 0 Å². The molecule has 11 nitrogen and oxygen atoms in total. The zero-order chi connectivity index (χ0) is 28.6. The number of aliphatic imine (C=N–C) groups is 1. The number of nitrogens with one attached hydrogen (secondary N) is 3. The van der Waals surface area contributed by atoms with Gasteiger partial charge in [-0.05, 0) is 58.2 Å². The first-order valence-electron chi connectivity index (χ1n) is 13.5. The van der Waals surface area contributed by atoms with Crippen LogP contribution in [0, 0.1) is 18.4 Å². The van der Waals surface area contributed by atoms with E-state index < -0.39 is 0 Å². The van der Waals surface area contributed by atoms with Gasteiger partial charge in [-0.1, -0.05) is 55.5 Å². The molecular formula is C30H32N10O. The molecule has 0 radical (unpaired) electrons. The highest BCUT2D eigenvalue weighted by Gasteiger charge is 2.15. The van der Waals surface area contributed by atoms with Crippen LogP contribution in [-0.4, -0.2) is 56.4 Å². The lowest BCUT2D eigenvalue weighted by Gasteiger charge is -2.14. The predicted molar refractivity (Wildman–Crippen MR) is 159 cm³/mol. The molecule has 0 saturated carbocycles. The number of guanidine groups is 1. The molecule has 2 heterocycles. The van der Waals surface area contributed by atoms with E-state index in [9.17, 15) is 0 Å². The number of methoxy groups -OCH3 is 1. The SMILES string of the molecule is CCCc1nc2c(C)cc(N/C(=N\C#N)NCCOC)cc2n1Cc1ccc(-c2ccccc2-c2nnn[nH]2)cc1. The molecule has 5 rings (SSSR count). The van der Waals surface area contributed by atoms with Gasteiger partial charge in [0.2, 0.25) is 12.2 Å². The summed E-state index contributed by atoms with van der Waals surface area (Å²) in [5, 5.41) is 29.9. The molecule has 0 unspecified atom stereocenters. The Morgan fingerprint density at radius 2 is 1.93 bits per heavy atom. The second-order valence-electron chi connectivity index (χ2n) is 9.62. The molecule has 0 aliphatic heterocycles. The van der Waals surface area contributed by atoms with Crippen molar-refractivity contribution in [3.05, 3.63) is 77.6 Å². The molecule has 11 heteroatoms. The zero-order valence-electron chi connectivity index (χ0n) is 23.3. The molecule has 0 amide bonds. The summed E-state index contributed by atoms with van der Waals surface area (Å²) in [5.41, 5.74) is 8.11. The smallest absolute Gasteiger partial charge is 0.211 e. The van der Waals surface area contributed by atoms with Crippen molar-refractivity contribution in [2.45, 2.75) is 33.2 Å². The largest absolute Gasteiger partial charge is 0.383 e. The summed E-state index contributed by atoms with van der Waals surface area (Å²) in [7, 11) is 1.63. The fourth-order valence-electron chi connectivity index (χ4n) is 4.86. The van der Waals surface area contributed by atoms with Gasteiger partial charge in [-0.15, -0.1) is 10.1 Å². The number of hydrogen-bond acceptors (Lipinski definition) is 7. The molecule has 0 bridgehead atoms. The first kappa shape index (κ1) is 27.5. The number of rotatable bonds is 10. The monoisotopic (exact) mass is 548 g/mol. The first-order chi connectivity index (χ1) is 20.1. The van der Waals surface area contributed by atoms with Crippen LogP contribution < -0.4 is 10.6 Å². The highest BCUT2D eigenvalue weighted by Crippen LogP contribution is 2.31. The minimum absolute atomic E-state index is 0.375. The molecule has 3 N–H and O–H groups in total. The molecule has 3 aromatic carbocycles. The molecule has 0 fully saturated rings. The topological polar surface area (TPSA) is 142 Å². The summed E-state index contributed by atoms with van der Waals surface area (Å²) in [6.07, 6.45) is 3.71. The standard InChI is InChI=1S/C30H32N10O/c1-4-7-27-35-28-20(2)16-23(34-30(33-19-31)32-14-15-41-3)17-26(28)40(27)18-21-10-12-22(13-11-21)24-8-5-6-9-25(24)29-36-38-39-37-29/h5-6,8-13,16-17H,4,7,14-15,18H2,1-3H3,(H2,32,33,34)(H,36,37,38,39). The van der Waals surface area contributed by atoms with Gasteiger partial charge < -0.3 is 19.9 Å². The van der Waals surface area contributed by atoms with Crippen LogP contribution in [0.25, 0.3) is 33.5 Å². The summed E-state index contributed by atoms with van der Waals surface area (Å²) in [6, 6.07) is 20.7. The van der Waals surface area contributed by atoms with Crippen LogP contribution in [-0.2, 0) is 17.7 Å². The van der Waals surface area contributed by atoms with Gasteiger partial charge in [0.15, 0.2) is 5.82 Å². The molecule has 41 heavy (non-hydrogen) atoms. The van der Waals surface area contributed by atoms with Gasteiger partial charge in [0.05, 0.1) is 17.6 Å². The number of anilines is 1. The van der Waals surface area contributed by atoms with E-state index in [2.05, 4.69) is 91.1 Å². The van der Waals surface area contributed by atoms with Crippen molar-refractivity contribution in [3.63, 3.8) is 0 Å². The van der Waals surface area contributed by atoms with E-state index in [1.807, 2.05) is 30.5 Å². The number of aryl methyl sites for hydroxylation is 2. The molecule has 0 saturated heterocycles. The Kier molecular flexibility index (Phi) is 8.61. The van der Waals surface area contributed by atoms with Crippen molar-refractivity contribution in [1.29, 1.82) is 5.26 Å². The predicted octanol–water partition coefficient (Wildman–Crippen LogP) is 4.68. The number of tetrazole rings is 1. The van der Waals surface area contributed by atoms with Crippen LogP contribution in [0.15, 0.2) is 65.7 Å². The number of H-pyrrole nitrogens is 1. The molecule has 208 valence electrons. The second kappa shape index (κ2) is 12.8. The lowest BCUT2D eigenvalue weighted by atomic mass is 9.98. The van der Waals surface area contributed by atoms with Gasteiger partial charge in [-0.2, -0.15) is 5.26 Å². The Bertz CT molecular complexity index is 1680. The van der Waals surface area contributed by atoms with Gasteiger partial charge in [-0.25, -0.2) is 10.1 Å². The van der Waals surface area contributed by atoms with E-state index in [1.54, 1.807) is 7.11 Å². The number of hydrogen-bond donors (Lipinski definition) is 3. The first-order valence-corrected chi connectivity index (χ1v) is 13.5. The summed E-state index contributed by atoms with van der Waals surface area (Å²) < 4.78 is 7.38. The van der Waals surface area contributed by atoms with E-state index in [4.69, 9.17) is 15.0 Å². The van der Waals surface area contributed by atoms with Gasteiger partial charge >= 0.3 is 0 Å². The highest BCUT2D eigenvalue weighted by molar-refractivity contribution is 5.96. The molecule has 0 spiro atoms. The Labute approximate surface area is 238 Å². The number of imidazole rings is 1. The van der Waals surface area contributed by atoms with Crippen molar-refractivity contribution < 1.29 is 4.74 Å². The van der Waals surface area contributed by atoms with E-state index in [1.165, 1.54) is 0 Å². The molecule has 0 aliphatic carbocycles. The Morgan fingerprint density at radius 1 is 1.12 bits per heavy atom. The Hall–Kier alpha value is -5.08. The zero-order valence-corrected chi connectivity index (χ0v) is 23.3. The number of nitrogens with zero attached hydrogens (tertiary/aromatic N) is 7.